The quantitative estimate of drug-likeness (QED) is 0.717. The second-order valence-corrected chi connectivity index (χ2v) is 5.11. The van der Waals surface area contributed by atoms with E-state index in [-0.39, 0.29) is 5.56 Å². The van der Waals surface area contributed by atoms with E-state index >= 15 is 0 Å². The number of rotatable bonds is 3. The Morgan fingerprint density at radius 2 is 2.05 bits per heavy atom. The minimum atomic E-state index is -0.302. The molecular formula is C13H10ClN5O2S. The molecule has 0 aliphatic rings. The van der Waals surface area contributed by atoms with Crippen LogP contribution in [0, 0.1) is 4.77 Å². The van der Waals surface area contributed by atoms with Crippen molar-refractivity contribution >= 4 is 23.8 Å². The fourth-order valence-corrected chi connectivity index (χ4v) is 2.38. The zero-order valence-corrected chi connectivity index (χ0v) is 12.9. The number of aromatic amines is 2. The SMILES string of the molecule is COc1ccc(Cl)c(-n2c(-c3ccc(=O)[nH]n3)n[nH]c2=S)c1. The molecule has 3 rings (SSSR count). The Bertz CT molecular complexity index is 926. The molecule has 0 saturated heterocycles. The van der Waals surface area contributed by atoms with Crippen molar-refractivity contribution in [3.05, 3.63) is 50.5 Å². The first-order valence-corrected chi connectivity index (χ1v) is 6.96. The number of H-pyrrole nitrogens is 2. The third kappa shape index (κ3) is 2.53. The molecule has 0 radical (unpaired) electrons. The summed E-state index contributed by atoms with van der Waals surface area (Å²) in [5.74, 6) is 1.05. The van der Waals surface area contributed by atoms with Crippen LogP contribution in [0.2, 0.25) is 5.02 Å². The van der Waals surface area contributed by atoms with Gasteiger partial charge in [0.2, 0.25) is 0 Å². The molecule has 0 aliphatic carbocycles. The molecule has 1 aromatic carbocycles. The predicted molar refractivity (Wildman–Crippen MR) is 84.2 cm³/mol. The van der Waals surface area contributed by atoms with E-state index < -0.39 is 0 Å². The third-order valence-corrected chi connectivity index (χ3v) is 3.57. The lowest BCUT2D eigenvalue weighted by Crippen LogP contribution is -2.08. The van der Waals surface area contributed by atoms with E-state index in [0.29, 0.717) is 32.7 Å². The lowest BCUT2D eigenvalue weighted by atomic mass is 10.2. The predicted octanol–water partition coefficient (Wildman–Crippen LogP) is 2.34. The maximum atomic E-state index is 11.1. The van der Waals surface area contributed by atoms with Crippen molar-refractivity contribution in [2.75, 3.05) is 7.11 Å². The summed E-state index contributed by atoms with van der Waals surface area (Å²) in [5, 5.41) is 13.6. The first kappa shape index (κ1) is 14.5. The van der Waals surface area contributed by atoms with Crippen LogP contribution in [0.25, 0.3) is 17.2 Å². The first-order chi connectivity index (χ1) is 10.6. The first-order valence-electron chi connectivity index (χ1n) is 6.17. The van der Waals surface area contributed by atoms with E-state index in [1.807, 2.05) is 0 Å². The van der Waals surface area contributed by atoms with Gasteiger partial charge in [0.05, 0.1) is 17.8 Å². The van der Waals surface area contributed by atoms with E-state index in [1.165, 1.54) is 6.07 Å². The van der Waals surface area contributed by atoms with Gasteiger partial charge < -0.3 is 4.74 Å². The van der Waals surface area contributed by atoms with Gasteiger partial charge in [0.25, 0.3) is 5.56 Å². The monoisotopic (exact) mass is 335 g/mol. The van der Waals surface area contributed by atoms with Crippen molar-refractivity contribution < 1.29 is 4.74 Å². The van der Waals surface area contributed by atoms with Crippen LogP contribution in [-0.4, -0.2) is 32.1 Å². The zero-order chi connectivity index (χ0) is 15.7. The molecule has 22 heavy (non-hydrogen) atoms. The number of methoxy groups -OCH3 is 1. The minimum absolute atomic E-state index is 0.302. The van der Waals surface area contributed by atoms with E-state index in [9.17, 15) is 4.79 Å². The lowest BCUT2D eigenvalue weighted by molar-refractivity contribution is 0.414. The summed E-state index contributed by atoms with van der Waals surface area (Å²) >= 11 is 11.5. The van der Waals surface area contributed by atoms with Gasteiger partial charge in [-0.3, -0.25) is 14.5 Å². The second kappa shape index (κ2) is 5.74. The zero-order valence-electron chi connectivity index (χ0n) is 11.3. The highest BCUT2D eigenvalue weighted by Crippen LogP contribution is 2.28. The number of nitrogens with one attached hydrogen (secondary N) is 2. The van der Waals surface area contributed by atoms with E-state index in [2.05, 4.69) is 20.4 Å². The lowest BCUT2D eigenvalue weighted by Gasteiger charge is -2.10. The van der Waals surface area contributed by atoms with Crippen molar-refractivity contribution in [3.8, 4) is 23.0 Å². The van der Waals surface area contributed by atoms with Crippen molar-refractivity contribution in [3.63, 3.8) is 0 Å². The Labute approximate surface area is 134 Å². The van der Waals surface area contributed by atoms with Crippen LogP contribution in [-0.2, 0) is 0 Å². The van der Waals surface area contributed by atoms with Gasteiger partial charge in [-0.1, -0.05) is 11.6 Å². The molecule has 0 saturated carbocycles. The average molecular weight is 336 g/mol. The molecule has 0 amide bonds. The molecule has 3 aromatic rings. The molecule has 0 bridgehead atoms. The van der Waals surface area contributed by atoms with Crippen LogP contribution in [0.15, 0.2) is 35.1 Å². The molecule has 2 N–H and O–H groups in total. The Balaban J connectivity index is 2.24. The van der Waals surface area contributed by atoms with Crippen LogP contribution >= 0.6 is 23.8 Å². The second-order valence-electron chi connectivity index (χ2n) is 4.31. The normalized spacial score (nSPS) is 10.6. The number of benzene rings is 1. The molecular weight excluding hydrogens is 326 g/mol. The summed E-state index contributed by atoms with van der Waals surface area (Å²) < 4.78 is 7.18. The molecule has 0 aliphatic heterocycles. The van der Waals surface area contributed by atoms with E-state index in [4.69, 9.17) is 28.6 Å². The topological polar surface area (TPSA) is 88.6 Å². The van der Waals surface area contributed by atoms with Gasteiger partial charge in [-0.15, -0.1) is 0 Å². The van der Waals surface area contributed by atoms with Gasteiger partial charge in [-0.2, -0.15) is 10.2 Å². The standard InChI is InChI=1S/C13H10ClN5O2S/c1-21-7-2-3-8(14)10(6-7)19-12(17-18-13(19)22)9-4-5-11(20)16-15-9/h2-6H,1H3,(H,16,20)(H,18,22). The summed E-state index contributed by atoms with van der Waals surface area (Å²) in [5.41, 5.74) is 0.748. The highest BCUT2D eigenvalue weighted by molar-refractivity contribution is 7.71. The summed E-state index contributed by atoms with van der Waals surface area (Å²) in [6, 6.07) is 8.09. The Morgan fingerprint density at radius 1 is 1.23 bits per heavy atom. The van der Waals surface area contributed by atoms with Gasteiger partial charge in [-0.05, 0) is 30.4 Å². The van der Waals surface area contributed by atoms with Crippen LogP contribution in [0.3, 0.4) is 0 Å². The van der Waals surface area contributed by atoms with E-state index in [0.717, 1.165) is 0 Å². The fourth-order valence-electron chi connectivity index (χ4n) is 1.95. The summed E-state index contributed by atoms with van der Waals surface area (Å²) in [7, 11) is 1.56. The number of aromatic nitrogens is 5. The number of nitrogens with zero attached hydrogens (tertiary/aromatic N) is 3. The highest BCUT2D eigenvalue weighted by Gasteiger charge is 2.15. The number of ether oxygens (including phenoxy) is 1. The van der Waals surface area contributed by atoms with Crippen molar-refractivity contribution in [1.29, 1.82) is 0 Å². The molecule has 0 spiro atoms. The molecule has 7 nitrogen and oxygen atoms in total. The molecule has 0 atom stereocenters. The number of hydrogen-bond acceptors (Lipinski definition) is 5. The summed E-state index contributed by atoms with van der Waals surface area (Å²) in [6.45, 7) is 0. The smallest absolute Gasteiger partial charge is 0.264 e. The summed E-state index contributed by atoms with van der Waals surface area (Å²) in [4.78, 5) is 11.1. The molecule has 0 fully saturated rings. The molecule has 0 unspecified atom stereocenters. The van der Waals surface area contributed by atoms with Gasteiger partial charge in [0.1, 0.15) is 11.4 Å². The summed E-state index contributed by atoms with van der Waals surface area (Å²) in [6.07, 6.45) is 0. The third-order valence-electron chi connectivity index (χ3n) is 2.97. The maximum absolute atomic E-state index is 11.1. The Hall–Kier alpha value is -2.45. The van der Waals surface area contributed by atoms with Crippen molar-refractivity contribution in [2.24, 2.45) is 0 Å². The largest absolute Gasteiger partial charge is 0.497 e. The molecule has 2 aromatic heterocycles. The van der Waals surface area contributed by atoms with Crippen molar-refractivity contribution in [1.82, 2.24) is 25.0 Å². The fraction of sp³-hybridized carbons (Fsp3) is 0.0769. The van der Waals surface area contributed by atoms with Crippen LogP contribution in [0.4, 0.5) is 0 Å². The maximum Gasteiger partial charge on any atom is 0.264 e. The van der Waals surface area contributed by atoms with Crippen LogP contribution in [0.5, 0.6) is 5.75 Å². The van der Waals surface area contributed by atoms with Gasteiger partial charge in [0.15, 0.2) is 10.6 Å². The molecule has 112 valence electrons. The van der Waals surface area contributed by atoms with Crippen LogP contribution in [0.1, 0.15) is 0 Å². The average Bonchev–Trinajstić information content (AvgIpc) is 2.90. The number of hydrogen-bond donors (Lipinski definition) is 2. The minimum Gasteiger partial charge on any atom is -0.497 e. The highest BCUT2D eigenvalue weighted by atomic mass is 35.5. The molecule has 2 heterocycles. The Morgan fingerprint density at radius 3 is 2.73 bits per heavy atom. The molecule has 9 heteroatoms. The van der Waals surface area contributed by atoms with E-state index in [1.54, 1.807) is 35.9 Å². The van der Waals surface area contributed by atoms with Gasteiger partial charge >= 0.3 is 0 Å². The van der Waals surface area contributed by atoms with Crippen LogP contribution < -0.4 is 10.3 Å². The Kier molecular flexibility index (Phi) is 3.78. The van der Waals surface area contributed by atoms with Gasteiger partial charge in [0, 0.05) is 12.1 Å². The van der Waals surface area contributed by atoms with Crippen molar-refractivity contribution in [2.45, 2.75) is 0 Å². The van der Waals surface area contributed by atoms with Gasteiger partial charge in [-0.25, -0.2) is 5.10 Å². The number of halogens is 1.